The van der Waals surface area contributed by atoms with Gasteiger partial charge >= 0.3 is 11.9 Å². The van der Waals surface area contributed by atoms with Gasteiger partial charge in [0.25, 0.3) is 8.32 Å². The molecule has 0 aromatic rings. The summed E-state index contributed by atoms with van der Waals surface area (Å²) in [6, 6.07) is 0. The van der Waals surface area contributed by atoms with E-state index in [1.807, 2.05) is 0 Å². The van der Waals surface area contributed by atoms with Gasteiger partial charge in [0, 0.05) is 11.1 Å². The van der Waals surface area contributed by atoms with E-state index >= 15 is 0 Å². The van der Waals surface area contributed by atoms with E-state index < -0.39 is 20.3 Å². The number of ether oxygens (including phenoxy) is 1. The zero-order valence-electron chi connectivity index (χ0n) is 10.3. The van der Waals surface area contributed by atoms with E-state index in [4.69, 9.17) is 9.16 Å². The third kappa shape index (κ3) is 5.50. The lowest BCUT2D eigenvalue weighted by Gasteiger charge is -2.22. The van der Waals surface area contributed by atoms with Crippen molar-refractivity contribution in [1.29, 1.82) is 0 Å². The number of esters is 1. The molecule has 5 heteroatoms. The molecule has 4 nitrogen and oxygen atoms in total. The Kier molecular flexibility index (Phi) is 5.17. The maximum atomic E-state index is 11.3. The molecule has 0 fully saturated rings. The van der Waals surface area contributed by atoms with Gasteiger partial charge in [0.2, 0.25) is 0 Å². The summed E-state index contributed by atoms with van der Waals surface area (Å²) in [5.41, 5.74) is 0.669. The van der Waals surface area contributed by atoms with E-state index in [0.29, 0.717) is 11.1 Å². The van der Waals surface area contributed by atoms with Crippen molar-refractivity contribution in [1.82, 2.24) is 0 Å². The maximum Gasteiger partial charge on any atom is 0.332 e. The summed E-state index contributed by atoms with van der Waals surface area (Å²) in [5, 5.41) is 0. The second-order valence-corrected chi connectivity index (χ2v) is 8.30. The Morgan fingerprint density at radius 1 is 1.06 bits per heavy atom. The number of carbonyl (C=O) groups excluding carboxylic acids is 2. The van der Waals surface area contributed by atoms with E-state index in [1.165, 1.54) is 0 Å². The molecule has 0 saturated carbocycles. The fourth-order valence-corrected chi connectivity index (χ4v) is 1.94. The summed E-state index contributed by atoms with van der Waals surface area (Å²) >= 11 is 0. The molecule has 0 bridgehead atoms. The lowest BCUT2D eigenvalue weighted by atomic mass is 10.4. The van der Waals surface area contributed by atoms with Gasteiger partial charge in [-0.05, 0) is 26.9 Å². The largest absolute Gasteiger partial charge is 0.513 e. The van der Waals surface area contributed by atoms with Crippen molar-refractivity contribution in [2.24, 2.45) is 0 Å². The van der Waals surface area contributed by atoms with Gasteiger partial charge in [0.15, 0.2) is 0 Å². The lowest BCUT2D eigenvalue weighted by Crippen LogP contribution is -2.40. The molecule has 0 aromatic heterocycles. The van der Waals surface area contributed by atoms with E-state index in [1.54, 1.807) is 26.9 Å². The average Bonchev–Trinajstić information content (AvgIpc) is 2.13. The van der Waals surface area contributed by atoms with Crippen LogP contribution >= 0.6 is 0 Å². The van der Waals surface area contributed by atoms with Crippen LogP contribution in [0.25, 0.3) is 0 Å². The highest BCUT2D eigenvalue weighted by Gasteiger charge is 2.29. The van der Waals surface area contributed by atoms with E-state index in [-0.39, 0.29) is 6.23 Å². The highest BCUT2D eigenvalue weighted by atomic mass is 28.4. The summed E-state index contributed by atoms with van der Waals surface area (Å²) in [7, 11) is -2.33. The Hall–Kier alpha value is -1.36. The fourth-order valence-electron chi connectivity index (χ4n) is 0.730. The van der Waals surface area contributed by atoms with Gasteiger partial charge in [-0.15, -0.1) is 0 Å². The van der Waals surface area contributed by atoms with Gasteiger partial charge in [-0.3, -0.25) is 0 Å². The second kappa shape index (κ2) is 5.65. The second-order valence-electron chi connectivity index (χ2n) is 4.29. The molecule has 0 amide bonds. The quantitative estimate of drug-likeness (QED) is 0.420. The van der Waals surface area contributed by atoms with Crippen LogP contribution in [0.3, 0.4) is 0 Å². The summed E-state index contributed by atoms with van der Waals surface area (Å²) in [6.07, 6.45) is 0.123. The molecule has 0 radical (unpaired) electrons. The van der Waals surface area contributed by atoms with E-state index in [2.05, 4.69) is 13.2 Å². The van der Waals surface area contributed by atoms with Gasteiger partial charge in [-0.25, -0.2) is 9.59 Å². The van der Waals surface area contributed by atoms with E-state index in [9.17, 15) is 9.59 Å². The maximum absolute atomic E-state index is 11.3. The Balaban J connectivity index is 4.25. The van der Waals surface area contributed by atoms with Crippen molar-refractivity contribution in [2.45, 2.75) is 26.9 Å². The standard InChI is InChI=1S/C11H18O4Si/c1-8(2)10(12)14-7-16(5,6)15-11(13)9(3)4/h1,3,7H2,2,4-6H3. The minimum Gasteiger partial charge on any atom is -0.513 e. The zero-order valence-corrected chi connectivity index (χ0v) is 11.3. The van der Waals surface area contributed by atoms with Crippen LogP contribution in [0.15, 0.2) is 24.3 Å². The third-order valence-electron chi connectivity index (χ3n) is 1.62. The highest BCUT2D eigenvalue weighted by Crippen LogP contribution is 2.09. The average molecular weight is 242 g/mol. The smallest absolute Gasteiger partial charge is 0.332 e. The van der Waals surface area contributed by atoms with Gasteiger partial charge in [-0.2, -0.15) is 0 Å². The first kappa shape index (κ1) is 14.6. The fraction of sp³-hybridized carbons (Fsp3) is 0.455. The van der Waals surface area contributed by atoms with Crippen LogP contribution in [0, 0.1) is 0 Å². The molecule has 0 atom stereocenters. The summed E-state index contributed by atoms with van der Waals surface area (Å²) < 4.78 is 10.2. The SMILES string of the molecule is C=C(C)C(=O)OC[Si](C)(C)OC(=O)C(=C)C. The molecule has 0 spiro atoms. The minimum absolute atomic E-state index is 0.123. The van der Waals surface area contributed by atoms with Gasteiger partial charge in [-0.1, -0.05) is 13.2 Å². The topological polar surface area (TPSA) is 52.6 Å². The summed E-state index contributed by atoms with van der Waals surface area (Å²) in [4.78, 5) is 22.4. The number of rotatable bonds is 5. The monoisotopic (exact) mass is 242 g/mol. The molecule has 0 heterocycles. The summed E-state index contributed by atoms with van der Waals surface area (Å²) in [6.45, 7) is 13.7. The van der Waals surface area contributed by atoms with Crippen molar-refractivity contribution >= 4 is 20.3 Å². The van der Waals surface area contributed by atoms with Crippen LogP contribution in [-0.2, 0) is 18.8 Å². The van der Waals surface area contributed by atoms with Gasteiger partial charge in [0.1, 0.15) is 6.23 Å². The first-order chi connectivity index (χ1) is 7.15. The molecule has 0 aliphatic rings. The molecule has 0 aromatic carbocycles. The third-order valence-corrected chi connectivity index (χ3v) is 3.19. The Morgan fingerprint density at radius 2 is 1.50 bits per heavy atom. The Bertz CT molecular complexity index is 331. The van der Waals surface area contributed by atoms with Crippen molar-refractivity contribution in [3.05, 3.63) is 24.3 Å². The number of hydrogen-bond acceptors (Lipinski definition) is 4. The molecule has 90 valence electrons. The lowest BCUT2D eigenvalue weighted by molar-refractivity contribution is -0.139. The molecule has 0 aliphatic heterocycles. The van der Waals surface area contributed by atoms with Crippen LogP contribution in [0.4, 0.5) is 0 Å². The van der Waals surface area contributed by atoms with Crippen molar-refractivity contribution in [3.63, 3.8) is 0 Å². The van der Waals surface area contributed by atoms with Crippen molar-refractivity contribution < 1.29 is 18.8 Å². The van der Waals surface area contributed by atoms with Crippen molar-refractivity contribution in [2.75, 3.05) is 6.23 Å². The molecule has 0 N–H and O–H groups in total. The highest BCUT2D eigenvalue weighted by molar-refractivity contribution is 6.72. The first-order valence-electron chi connectivity index (χ1n) is 4.87. The summed E-state index contributed by atoms with van der Waals surface area (Å²) in [5.74, 6) is -0.907. The van der Waals surface area contributed by atoms with E-state index in [0.717, 1.165) is 0 Å². The number of hydrogen-bond donors (Lipinski definition) is 0. The van der Waals surface area contributed by atoms with Crippen LogP contribution in [0.5, 0.6) is 0 Å². The molecule has 0 saturated heterocycles. The van der Waals surface area contributed by atoms with Crippen LogP contribution in [0.1, 0.15) is 13.8 Å². The minimum atomic E-state index is -2.33. The normalized spacial score (nSPS) is 10.5. The molecular weight excluding hydrogens is 224 g/mol. The predicted molar refractivity (Wildman–Crippen MR) is 64.2 cm³/mol. The zero-order chi connectivity index (χ0) is 12.9. The molecule has 0 rings (SSSR count). The van der Waals surface area contributed by atoms with Gasteiger partial charge in [0.05, 0.1) is 0 Å². The Morgan fingerprint density at radius 3 is 1.88 bits per heavy atom. The first-order valence-corrected chi connectivity index (χ1v) is 7.99. The molecule has 0 unspecified atom stereocenters. The molecule has 0 aliphatic carbocycles. The number of carbonyl (C=O) groups is 2. The van der Waals surface area contributed by atoms with Crippen LogP contribution in [-0.4, -0.2) is 26.5 Å². The van der Waals surface area contributed by atoms with Crippen LogP contribution < -0.4 is 0 Å². The van der Waals surface area contributed by atoms with Gasteiger partial charge < -0.3 is 9.16 Å². The predicted octanol–water partition coefficient (Wildman–Crippen LogP) is 1.97. The molecular formula is C11H18O4Si. The van der Waals surface area contributed by atoms with Crippen LogP contribution in [0.2, 0.25) is 13.1 Å². The molecule has 16 heavy (non-hydrogen) atoms. The van der Waals surface area contributed by atoms with Crippen molar-refractivity contribution in [3.8, 4) is 0 Å². The Labute approximate surface area is 97.1 Å².